The average Bonchev–Trinajstić information content (AvgIpc) is 4.10. The number of benzene rings is 3. The van der Waals surface area contributed by atoms with Crippen molar-refractivity contribution in [1.82, 2.24) is 0 Å². The predicted molar refractivity (Wildman–Crippen MR) is 267 cm³/mol. The second kappa shape index (κ2) is 16.8. The lowest BCUT2D eigenvalue weighted by Gasteiger charge is -2.09. The van der Waals surface area contributed by atoms with Crippen molar-refractivity contribution in [3.05, 3.63) is 251 Å². The Labute approximate surface area is 373 Å². The van der Waals surface area contributed by atoms with Gasteiger partial charge < -0.3 is 0 Å². The van der Waals surface area contributed by atoms with E-state index in [1.54, 1.807) is 0 Å². The minimum Gasteiger partial charge on any atom is -0.0616 e. The van der Waals surface area contributed by atoms with E-state index in [0.717, 1.165) is 65.4 Å². The topological polar surface area (TPSA) is 0 Å². The van der Waals surface area contributed by atoms with Crippen molar-refractivity contribution in [2.45, 2.75) is 0 Å². The van der Waals surface area contributed by atoms with Crippen LogP contribution in [-0.4, -0.2) is 0 Å². The zero-order valence-corrected chi connectivity index (χ0v) is 34.8. The van der Waals surface area contributed by atoms with Crippen molar-refractivity contribution < 1.29 is 0 Å². The fourth-order valence-corrected chi connectivity index (χ4v) is 8.52. The normalized spacial score (nSPS) is 10.6. The first-order chi connectivity index (χ1) is 31.7. The molecule has 0 aliphatic heterocycles. The van der Waals surface area contributed by atoms with Crippen LogP contribution < -0.4 is 10.4 Å². The summed E-state index contributed by atoms with van der Waals surface area (Å²) in [6.07, 6.45) is 0. The molecule has 0 N–H and O–H groups in total. The molecule has 0 spiro atoms. The van der Waals surface area contributed by atoms with Gasteiger partial charge >= 0.3 is 0 Å². The third kappa shape index (κ3) is 7.62. The summed E-state index contributed by atoms with van der Waals surface area (Å²) in [7, 11) is 0. The highest BCUT2D eigenvalue weighted by Crippen LogP contribution is 2.25. The lowest BCUT2D eigenvalue weighted by Crippen LogP contribution is -2.18. The maximum atomic E-state index is 3.60. The number of rotatable bonds is 0. The molecule has 0 bridgehead atoms. The maximum Gasteiger partial charge on any atom is 0.0836 e. The summed E-state index contributed by atoms with van der Waals surface area (Å²) in [6.45, 7) is 0. The Morgan fingerprint density at radius 1 is 0.203 bits per heavy atom. The van der Waals surface area contributed by atoms with Crippen LogP contribution in [0.15, 0.2) is 218 Å². The molecule has 64 heavy (non-hydrogen) atoms. The molecule has 11 rings (SSSR count). The molecule has 0 heteroatoms. The summed E-state index contributed by atoms with van der Waals surface area (Å²) in [5.74, 6) is 28.5. The highest BCUT2D eigenvalue weighted by atomic mass is 14.1. The Morgan fingerprint density at radius 2 is 0.406 bits per heavy atom. The van der Waals surface area contributed by atoms with Gasteiger partial charge in [0, 0.05) is 32.7 Å². The van der Waals surface area contributed by atoms with Crippen LogP contribution >= 0.6 is 0 Å². The van der Waals surface area contributed by atoms with Gasteiger partial charge in [0.2, 0.25) is 0 Å². The molecular weight excluding hydrogens is 769 g/mol. The van der Waals surface area contributed by atoms with E-state index in [1.165, 1.54) is 44.5 Å². The van der Waals surface area contributed by atoms with Gasteiger partial charge in [-0.15, -0.1) is 0 Å². The first kappa shape index (κ1) is 37.9. The van der Waals surface area contributed by atoms with Gasteiger partial charge in [0.25, 0.3) is 0 Å². The maximum absolute atomic E-state index is 3.60. The van der Waals surface area contributed by atoms with Crippen molar-refractivity contribution in [1.29, 1.82) is 0 Å². The molecule has 0 unspecified atom stereocenters. The summed E-state index contributed by atoms with van der Waals surface area (Å²) >= 11 is 0. The van der Waals surface area contributed by atoms with Gasteiger partial charge in [-0.1, -0.05) is 217 Å². The van der Waals surface area contributed by atoms with Crippen LogP contribution in [0.4, 0.5) is 0 Å². The van der Waals surface area contributed by atoms with Gasteiger partial charge in [0.1, 0.15) is 0 Å². The second-order valence-electron chi connectivity index (χ2n) is 15.8. The van der Waals surface area contributed by atoms with Crippen LogP contribution in [0.3, 0.4) is 0 Å². The van der Waals surface area contributed by atoms with E-state index in [4.69, 9.17) is 0 Å². The van der Waals surface area contributed by atoms with Crippen LogP contribution in [0.1, 0.15) is 22.3 Å². The standard InChI is InChI=1S/C64H36/c1-2-18-60-59(17-1)63(57(41-29-45-21-33-49-9-5-10-50(49)34-22-45)42-30-46-23-35-51-11-6-12-52(51)36-24-46)61-19-3-4-20-62(61)64(60)58(43-31-47-25-37-53-13-7-14-54(53)38-26-47)44-32-48-27-39-55-15-8-16-56(55)40-28-48/h1-28,33-40H. The van der Waals surface area contributed by atoms with E-state index in [9.17, 15) is 0 Å². The third-order valence-electron chi connectivity index (χ3n) is 11.8. The fraction of sp³-hybridized carbons (Fsp3) is 0. The van der Waals surface area contributed by atoms with Crippen molar-refractivity contribution in [2.75, 3.05) is 0 Å². The van der Waals surface area contributed by atoms with Crippen LogP contribution in [0.25, 0.3) is 77.2 Å². The number of hydrogen-bond acceptors (Lipinski definition) is 0. The van der Waals surface area contributed by atoms with Crippen molar-refractivity contribution in [3.63, 3.8) is 0 Å². The molecule has 292 valence electrons. The monoisotopic (exact) mass is 804 g/mol. The van der Waals surface area contributed by atoms with Gasteiger partial charge in [0.05, 0.1) is 11.1 Å². The predicted octanol–water partition coefficient (Wildman–Crippen LogP) is 12.9. The molecule has 0 aromatic heterocycles. The Bertz CT molecular complexity index is 3240. The van der Waals surface area contributed by atoms with Gasteiger partial charge in [-0.2, -0.15) is 0 Å². The minimum absolute atomic E-state index is 0.736. The SMILES string of the molecule is C(#Cc1ccc2cccc-2cc1)C(C#Cc1ccc2cccc-2cc1)=c1c2ccccc2c(=C(C#Cc2ccc3cccc-3cc2)C#Cc2ccc3cccc-3cc2)c2ccccc12. The van der Waals surface area contributed by atoms with Gasteiger partial charge in [-0.05, 0) is 115 Å². The quantitative estimate of drug-likeness (QED) is 0.106. The molecule has 0 radical (unpaired) electrons. The smallest absolute Gasteiger partial charge is 0.0616 e. The van der Waals surface area contributed by atoms with E-state index in [1.807, 2.05) is 0 Å². The molecule has 3 aromatic rings. The van der Waals surface area contributed by atoms with Crippen LogP contribution in [-0.2, 0) is 0 Å². The second-order valence-corrected chi connectivity index (χ2v) is 15.8. The molecule has 8 aliphatic rings. The van der Waals surface area contributed by atoms with Gasteiger partial charge in [-0.3, -0.25) is 0 Å². The lowest BCUT2D eigenvalue weighted by molar-refractivity contribution is 1.66. The van der Waals surface area contributed by atoms with Crippen molar-refractivity contribution in [2.24, 2.45) is 0 Å². The third-order valence-corrected chi connectivity index (χ3v) is 11.8. The number of hydrogen-bond donors (Lipinski definition) is 0. The van der Waals surface area contributed by atoms with Crippen LogP contribution in [0.5, 0.6) is 0 Å². The first-order valence-corrected chi connectivity index (χ1v) is 21.4. The summed E-state index contributed by atoms with van der Waals surface area (Å²) in [5.41, 5.74) is 14.6. The average molecular weight is 805 g/mol. The molecular formula is C64H36. The fourth-order valence-electron chi connectivity index (χ4n) is 8.52. The molecule has 0 nitrogen and oxygen atoms in total. The molecule has 0 heterocycles. The van der Waals surface area contributed by atoms with Crippen molar-refractivity contribution in [3.8, 4) is 91.9 Å². The van der Waals surface area contributed by atoms with Gasteiger partial charge in [-0.25, -0.2) is 0 Å². The van der Waals surface area contributed by atoms with E-state index in [2.05, 4.69) is 266 Å². The lowest BCUT2D eigenvalue weighted by atomic mass is 9.93. The highest BCUT2D eigenvalue weighted by Gasteiger charge is 2.11. The Hall–Kier alpha value is -9.04. The summed E-state index contributed by atoms with van der Waals surface area (Å²) < 4.78 is 0. The Kier molecular flexibility index (Phi) is 9.95. The summed E-state index contributed by atoms with van der Waals surface area (Å²) in [4.78, 5) is 0. The summed E-state index contributed by atoms with van der Waals surface area (Å²) in [6, 6.07) is 76.2. The van der Waals surface area contributed by atoms with E-state index < -0.39 is 0 Å². The van der Waals surface area contributed by atoms with E-state index >= 15 is 0 Å². The van der Waals surface area contributed by atoms with E-state index in [0.29, 0.717) is 0 Å². The molecule has 3 aromatic carbocycles. The van der Waals surface area contributed by atoms with Gasteiger partial charge in [0.15, 0.2) is 0 Å². The summed E-state index contributed by atoms with van der Waals surface area (Å²) in [5, 5.41) is 6.08. The molecule has 0 saturated carbocycles. The zero-order valence-electron chi connectivity index (χ0n) is 34.8. The van der Waals surface area contributed by atoms with Crippen molar-refractivity contribution >= 4 is 32.7 Å². The molecule has 0 saturated heterocycles. The van der Waals surface area contributed by atoms with E-state index in [-0.39, 0.29) is 0 Å². The molecule has 0 amide bonds. The molecule has 8 aliphatic carbocycles. The largest absolute Gasteiger partial charge is 0.0836 e. The first-order valence-electron chi connectivity index (χ1n) is 21.4. The van der Waals surface area contributed by atoms with Crippen LogP contribution in [0, 0.1) is 47.4 Å². The number of fused-ring (bicyclic) bond motifs is 6. The molecule has 0 fully saturated rings. The Balaban J connectivity index is 1.21. The minimum atomic E-state index is 0.736. The molecule has 0 atom stereocenters. The highest BCUT2D eigenvalue weighted by molar-refractivity contribution is 6.06. The Morgan fingerprint density at radius 3 is 0.609 bits per heavy atom. The van der Waals surface area contributed by atoms with Crippen LogP contribution in [0.2, 0.25) is 0 Å². The zero-order chi connectivity index (χ0) is 42.7.